The zero-order chi connectivity index (χ0) is 19.9. The molecule has 0 heterocycles. The molecule has 0 aliphatic carbocycles. The minimum atomic E-state index is -3.52. The average Bonchev–Trinajstić information content (AvgIpc) is 2.63. The lowest BCUT2D eigenvalue weighted by Crippen LogP contribution is -2.25. The quantitative estimate of drug-likeness (QED) is 0.701. The number of nitrogens with one attached hydrogen (secondary N) is 1. The molecule has 0 saturated heterocycles. The number of benzene rings is 2. The Hall–Kier alpha value is -2.67. The van der Waals surface area contributed by atoms with E-state index in [-0.39, 0.29) is 11.3 Å². The number of carbonyl (C=O) groups excluding carboxylic acids is 2. The molecule has 0 radical (unpaired) electrons. The van der Waals surface area contributed by atoms with Crippen molar-refractivity contribution in [3.8, 4) is 0 Å². The Balaban J connectivity index is 1.93. The molecule has 0 bridgehead atoms. The first-order valence-electron chi connectivity index (χ1n) is 8.54. The number of esters is 1. The van der Waals surface area contributed by atoms with E-state index in [1.807, 2.05) is 30.3 Å². The van der Waals surface area contributed by atoms with Crippen LogP contribution in [0.15, 0.2) is 48.5 Å². The second kappa shape index (κ2) is 9.32. The highest BCUT2D eigenvalue weighted by Gasteiger charge is 2.18. The minimum absolute atomic E-state index is 0.0590. The van der Waals surface area contributed by atoms with Gasteiger partial charge in [-0.2, -0.15) is 0 Å². The summed E-state index contributed by atoms with van der Waals surface area (Å²) in [5, 5.41) is 2.57. The van der Waals surface area contributed by atoms with Gasteiger partial charge >= 0.3 is 5.97 Å². The molecule has 2 aromatic carbocycles. The lowest BCUT2D eigenvalue weighted by Gasteiger charge is -2.10. The Morgan fingerprint density at radius 3 is 2.44 bits per heavy atom. The maximum Gasteiger partial charge on any atom is 0.337 e. The van der Waals surface area contributed by atoms with Crippen molar-refractivity contribution in [2.75, 3.05) is 23.9 Å². The fourth-order valence-corrected chi connectivity index (χ4v) is 3.80. The van der Waals surface area contributed by atoms with Crippen molar-refractivity contribution >= 4 is 27.4 Å². The lowest BCUT2D eigenvalue weighted by molar-refractivity contribution is -0.113. The van der Waals surface area contributed by atoms with E-state index in [9.17, 15) is 18.0 Å². The molecular formula is C20H23NO5S. The monoisotopic (exact) mass is 389 g/mol. The highest BCUT2D eigenvalue weighted by Crippen LogP contribution is 2.18. The van der Waals surface area contributed by atoms with Gasteiger partial charge in [-0.15, -0.1) is 0 Å². The normalized spacial score (nSPS) is 11.0. The molecule has 0 fully saturated rings. The third kappa shape index (κ3) is 6.53. The standard InChI is InChI=1S/C20H23NO5S/c1-15-10-11-17(20(23)26-2)13-18(15)21-19(22)14-27(24,25)12-6-9-16-7-4-3-5-8-16/h3-5,7-8,10-11,13H,6,9,12,14H2,1-2H3,(H,21,22). The van der Waals surface area contributed by atoms with Crippen LogP contribution < -0.4 is 5.32 Å². The van der Waals surface area contributed by atoms with E-state index >= 15 is 0 Å². The van der Waals surface area contributed by atoms with E-state index in [0.29, 0.717) is 18.5 Å². The highest BCUT2D eigenvalue weighted by molar-refractivity contribution is 7.92. The summed E-state index contributed by atoms with van der Waals surface area (Å²) in [6, 6.07) is 14.3. The third-order valence-electron chi connectivity index (χ3n) is 4.05. The number of rotatable bonds is 8. The number of anilines is 1. The molecule has 0 spiro atoms. The zero-order valence-corrected chi connectivity index (χ0v) is 16.2. The summed E-state index contributed by atoms with van der Waals surface area (Å²) in [5.74, 6) is -1.81. The number of carbonyl (C=O) groups is 2. The van der Waals surface area contributed by atoms with Gasteiger partial charge in [-0.3, -0.25) is 4.79 Å². The van der Waals surface area contributed by atoms with Crippen LogP contribution >= 0.6 is 0 Å². The van der Waals surface area contributed by atoms with Crippen LogP contribution in [-0.4, -0.2) is 38.9 Å². The van der Waals surface area contributed by atoms with Crippen LogP contribution in [-0.2, 0) is 25.8 Å². The van der Waals surface area contributed by atoms with Gasteiger partial charge in [0.25, 0.3) is 0 Å². The van der Waals surface area contributed by atoms with E-state index in [2.05, 4.69) is 10.1 Å². The van der Waals surface area contributed by atoms with Gasteiger partial charge in [0, 0.05) is 5.69 Å². The van der Waals surface area contributed by atoms with Gasteiger partial charge in [-0.25, -0.2) is 13.2 Å². The fraction of sp³-hybridized carbons (Fsp3) is 0.300. The Labute approximate surface area is 159 Å². The topological polar surface area (TPSA) is 89.5 Å². The fourth-order valence-electron chi connectivity index (χ4n) is 2.60. The van der Waals surface area contributed by atoms with Crippen LogP contribution in [0.2, 0.25) is 0 Å². The summed E-state index contributed by atoms with van der Waals surface area (Å²) >= 11 is 0. The molecule has 0 atom stereocenters. The second-order valence-electron chi connectivity index (χ2n) is 6.25. The van der Waals surface area contributed by atoms with Crippen molar-refractivity contribution in [1.82, 2.24) is 0 Å². The number of aryl methyl sites for hydroxylation is 2. The number of hydrogen-bond acceptors (Lipinski definition) is 5. The maximum atomic E-state index is 12.2. The first kappa shape index (κ1) is 20.6. The molecular weight excluding hydrogens is 366 g/mol. The van der Waals surface area contributed by atoms with Gasteiger partial charge in [0.15, 0.2) is 9.84 Å². The molecule has 0 aromatic heterocycles. The number of methoxy groups -OCH3 is 1. The van der Waals surface area contributed by atoms with Crippen molar-refractivity contribution in [3.05, 3.63) is 65.2 Å². The van der Waals surface area contributed by atoms with Crippen molar-refractivity contribution in [2.24, 2.45) is 0 Å². The average molecular weight is 389 g/mol. The van der Waals surface area contributed by atoms with Gasteiger partial charge < -0.3 is 10.1 Å². The second-order valence-corrected chi connectivity index (χ2v) is 8.43. The summed E-state index contributed by atoms with van der Waals surface area (Å²) in [4.78, 5) is 23.8. The molecule has 0 aliphatic rings. The first-order chi connectivity index (χ1) is 12.8. The number of amides is 1. The van der Waals surface area contributed by atoms with Gasteiger partial charge in [-0.05, 0) is 43.0 Å². The molecule has 144 valence electrons. The molecule has 2 rings (SSSR count). The van der Waals surface area contributed by atoms with Crippen LogP contribution in [0, 0.1) is 6.92 Å². The summed E-state index contributed by atoms with van der Waals surface area (Å²) in [5.41, 5.74) is 2.45. The molecule has 27 heavy (non-hydrogen) atoms. The number of ether oxygens (including phenoxy) is 1. The van der Waals surface area contributed by atoms with E-state index in [0.717, 1.165) is 11.1 Å². The van der Waals surface area contributed by atoms with Crippen LogP contribution in [0.1, 0.15) is 27.9 Å². The van der Waals surface area contributed by atoms with E-state index in [1.54, 1.807) is 19.1 Å². The summed E-state index contributed by atoms with van der Waals surface area (Å²) in [6.45, 7) is 1.75. The molecule has 2 aromatic rings. The first-order valence-corrected chi connectivity index (χ1v) is 10.4. The Kier molecular flexibility index (Phi) is 7.12. The van der Waals surface area contributed by atoms with Gasteiger partial charge in [0.1, 0.15) is 5.75 Å². The SMILES string of the molecule is COC(=O)c1ccc(C)c(NC(=O)CS(=O)(=O)CCCc2ccccc2)c1. The van der Waals surface area contributed by atoms with Crippen molar-refractivity contribution in [2.45, 2.75) is 19.8 Å². The molecule has 1 N–H and O–H groups in total. The summed E-state index contributed by atoms with van der Waals surface area (Å²) < 4.78 is 29.0. The predicted molar refractivity (Wildman–Crippen MR) is 105 cm³/mol. The van der Waals surface area contributed by atoms with Gasteiger partial charge in [0.05, 0.1) is 18.4 Å². The third-order valence-corrected chi connectivity index (χ3v) is 5.66. The molecule has 0 aliphatic heterocycles. The predicted octanol–water partition coefficient (Wildman–Crippen LogP) is 2.77. The zero-order valence-electron chi connectivity index (χ0n) is 15.4. The highest BCUT2D eigenvalue weighted by atomic mass is 32.2. The van der Waals surface area contributed by atoms with E-state index < -0.39 is 27.5 Å². The van der Waals surface area contributed by atoms with Gasteiger partial charge in [0.2, 0.25) is 5.91 Å². The Morgan fingerprint density at radius 1 is 1.07 bits per heavy atom. The number of hydrogen-bond donors (Lipinski definition) is 1. The molecule has 0 saturated carbocycles. The smallest absolute Gasteiger partial charge is 0.337 e. The number of sulfone groups is 1. The van der Waals surface area contributed by atoms with Crippen LogP contribution in [0.25, 0.3) is 0 Å². The van der Waals surface area contributed by atoms with Gasteiger partial charge in [-0.1, -0.05) is 36.4 Å². The maximum absolute atomic E-state index is 12.2. The lowest BCUT2D eigenvalue weighted by atomic mass is 10.1. The molecule has 6 nitrogen and oxygen atoms in total. The van der Waals surface area contributed by atoms with Crippen LogP contribution in [0.4, 0.5) is 5.69 Å². The van der Waals surface area contributed by atoms with E-state index in [1.165, 1.54) is 13.2 Å². The van der Waals surface area contributed by atoms with Crippen molar-refractivity contribution in [1.29, 1.82) is 0 Å². The molecule has 0 unspecified atom stereocenters. The molecule has 1 amide bonds. The van der Waals surface area contributed by atoms with Crippen LogP contribution in [0.3, 0.4) is 0 Å². The van der Waals surface area contributed by atoms with Crippen molar-refractivity contribution < 1.29 is 22.7 Å². The molecule has 7 heteroatoms. The van der Waals surface area contributed by atoms with E-state index in [4.69, 9.17) is 0 Å². The van der Waals surface area contributed by atoms with Crippen LogP contribution in [0.5, 0.6) is 0 Å². The Morgan fingerprint density at radius 2 is 1.78 bits per heavy atom. The van der Waals surface area contributed by atoms with Crippen molar-refractivity contribution in [3.63, 3.8) is 0 Å². The minimum Gasteiger partial charge on any atom is -0.465 e. The summed E-state index contributed by atoms with van der Waals surface area (Å²) in [6.07, 6.45) is 1.10. The largest absolute Gasteiger partial charge is 0.465 e. The summed E-state index contributed by atoms with van der Waals surface area (Å²) in [7, 11) is -2.25. The Bertz CT molecular complexity index is 907.